The van der Waals surface area contributed by atoms with E-state index in [2.05, 4.69) is 13.8 Å². The molecule has 2 aromatic carbocycles. The predicted octanol–water partition coefficient (Wildman–Crippen LogP) is 7.65. The Morgan fingerprint density at radius 1 is 0.719 bits per heavy atom. The second-order valence-electron chi connectivity index (χ2n) is 8.09. The van der Waals surface area contributed by atoms with Crippen molar-refractivity contribution in [1.29, 1.82) is 0 Å². The van der Waals surface area contributed by atoms with Gasteiger partial charge < -0.3 is 18.9 Å². The lowest BCUT2D eigenvalue weighted by atomic mass is 10.0. The smallest absolute Gasteiger partial charge is 0.434 e. The first-order chi connectivity index (χ1) is 15.5. The first kappa shape index (κ1) is 25.5. The summed E-state index contributed by atoms with van der Waals surface area (Å²) in [4.78, 5) is 24.4. The number of unbranched alkanes of at least 4 members (excludes halogenated alkanes) is 6. The minimum absolute atomic E-state index is 0.333. The van der Waals surface area contributed by atoms with E-state index in [1.807, 2.05) is 25.1 Å². The van der Waals surface area contributed by atoms with Gasteiger partial charge in [0.15, 0.2) is 0 Å². The highest BCUT2D eigenvalue weighted by atomic mass is 16.7. The largest absolute Gasteiger partial charge is 0.513 e. The van der Waals surface area contributed by atoms with E-state index in [9.17, 15) is 9.59 Å². The SMILES string of the molecule is CCCCCCOC(=O)Oc1cc(C)c(OC(=O)OCCCCCC)c2ccc(C)cc12. The molecule has 32 heavy (non-hydrogen) atoms. The fraction of sp³-hybridized carbons (Fsp3) is 0.538. The van der Waals surface area contributed by atoms with Gasteiger partial charge in [-0.25, -0.2) is 9.59 Å². The van der Waals surface area contributed by atoms with Gasteiger partial charge in [0, 0.05) is 10.8 Å². The number of rotatable bonds is 12. The number of carbonyl (C=O) groups is 2. The second kappa shape index (κ2) is 13.6. The Hall–Kier alpha value is -2.76. The van der Waals surface area contributed by atoms with Crippen molar-refractivity contribution in [3.63, 3.8) is 0 Å². The van der Waals surface area contributed by atoms with Crippen LogP contribution in [0, 0.1) is 13.8 Å². The lowest BCUT2D eigenvalue weighted by Crippen LogP contribution is -2.14. The Balaban J connectivity index is 2.10. The lowest BCUT2D eigenvalue weighted by molar-refractivity contribution is 0.0956. The van der Waals surface area contributed by atoms with Crippen molar-refractivity contribution >= 4 is 23.1 Å². The molecule has 0 fully saturated rings. The summed E-state index contributed by atoms with van der Waals surface area (Å²) in [5.74, 6) is 0.777. The van der Waals surface area contributed by atoms with E-state index < -0.39 is 12.3 Å². The second-order valence-corrected chi connectivity index (χ2v) is 8.09. The number of hydrogen-bond donors (Lipinski definition) is 0. The molecule has 0 bridgehead atoms. The van der Waals surface area contributed by atoms with Crippen molar-refractivity contribution in [1.82, 2.24) is 0 Å². The number of ether oxygens (including phenoxy) is 4. The molecule has 0 spiro atoms. The van der Waals surface area contributed by atoms with Crippen LogP contribution in [-0.4, -0.2) is 25.5 Å². The molecule has 0 aliphatic rings. The molecule has 0 aliphatic carbocycles. The molecule has 0 saturated heterocycles. The van der Waals surface area contributed by atoms with Gasteiger partial charge in [-0.3, -0.25) is 0 Å². The van der Waals surface area contributed by atoms with Crippen LogP contribution < -0.4 is 9.47 Å². The molecule has 0 atom stereocenters. The highest BCUT2D eigenvalue weighted by molar-refractivity contribution is 5.97. The molecule has 0 amide bonds. The molecular weight excluding hydrogens is 408 g/mol. The lowest BCUT2D eigenvalue weighted by Gasteiger charge is -2.15. The minimum atomic E-state index is -0.733. The van der Waals surface area contributed by atoms with Crippen molar-refractivity contribution in [3.05, 3.63) is 35.4 Å². The molecular formula is C26H36O6. The summed E-state index contributed by atoms with van der Waals surface area (Å²) < 4.78 is 21.5. The van der Waals surface area contributed by atoms with Crippen molar-refractivity contribution in [3.8, 4) is 11.5 Å². The van der Waals surface area contributed by atoms with E-state index in [1.54, 1.807) is 13.0 Å². The third-order valence-electron chi connectivity index (χ3n) is 5.21. The molecule has 0 radical (unpaired) electrons. The Morgan fingerprint density at radius 2 is 1.31 bits per heavy atom. The third-order valence-corrected chi connectivity index (χ3v) is 5.21. The van der Waals surface area contributed by atoms with Gasteiger partial charge in [0.1, 0.15) is 11.5 Å². The molecule has 6 heteroatoms. The maximum atomic E-state index is 12.2. The standard InChI is InChI=1S/C26H36O6/c1-5-7-9-11-15-29-25(27)31-23-18-20(4)24(21-14-13-19(3)17-22(21)23)32-26(28)30-16-12-10-8-6-2/h13-14,17-18H,5-12,15-16H2,1-4H3. The van der Waals surface area contributed by atoms with Crippen LogP contribution in [0.4, 0.5) is 9.59 Å². The van der Waals surface area contributed by atoms with Crippen molar-refractivity contribution in [2.45, 2.75) is 79.1 Å². The van der Waals surface area contributed by atoms with Crippen LogP contribution in [-0.2, 0) is 9.47 Å². The van der Waals surface area contributed by atoms with Crippen LogP contribution in [0.5, 0.6) is 11.5 Å². The normalized spacial score (nSPS) is 10.8. The molecule has 6 nitrogen and oxygen atoms in total. The maximum Gasteiger partial charge on any atom is 0.513 e. The predicted molar refractivity (Wildman–Crippen MR) is 126 cm³/mol. The summed E-state index contributed by atoms with van der Waals surface area (Å²) in [6, 6.07) is 7.34. The van der Waals surface area contributed by atoms with Gasteiger partial charge in [0.2, 0.25) is 0 Å². The van der Waals surface area contributed by atoms with Crippen LogP contribution in [0.1, 0.15) is 76.3 Å². The van der Waals surface area contributed by atoms with E-state index in [0.29, 0.717) is 41.0 Å². The highest BCUT2D eigenvalue weighted by Crippen LogP contribution is 2.37. The average Bonchev–Trinajstić information content (AvgIpc) is 2.76. The van der Waals surface area contributed by atoms with E-state index in [0.717, 1.165) is 56.9 Å². The van der Waals surface area contributed by atoms with Gasteiger partial charge in [-0.15, -0.1) is 0 Å². The van der Waals surface area contributed by atoms with E-state index >= 15 is 0 Å². The molecule has 0 unspecified atom stereocenters. The Kier molecular flexibility index (Phi) is 10.8. The van der Waals surface area contributed by atoms with Gasteiger partial charge in [-0.2, -0.15) is 0 Å². The van der Waals surface area contributed by atoms with Crippen LogP contribution >= 0.6 is 0 Å². The summed E-state index contributed by atoms with van der Waals surface area (Å²) >= 11 is 0. The molecule has 0 aliphatic heterocycles. The van der Waals surface area contributed by atoms with Gasteiger partial charge in [-0.1, -0.05) is 70.1 Å². The molecule has 0 N–H and O–H groups in total. The third kappa shape index (κ3) is 8.06. The average molecular weight is 445 g/mol. The first-order valence-corrected chi connectivity index (χ1v) is 11.7. The van der Waals surface area contributed by atoms with Crippen LogP contribution in [0.2, 0.25) is 0 Å². The minimum Gasteiger partial charge on any atom is -0.434 e. The quantitative estimate of drug-likeness (QED) is 0.190. The molecule has 2 aromatic rings. The number of benzene rings is 2. The molecule has 2 rings (SSSR count). The van der Waals surface area contributed by atoms with E-state index in [4.69, 9.17) is 18.9 Å². The summed E-state index contributed by atoms with van der Waals surface area (Å²) in [6.07, 6.45) is 6.68. The number of carbonyl (C=O) groups excluding carboxylic acids is 2. The fourth-order valence-electron chi connectivity index (χ4n) is 3.43. The van der Waals surface area contributed by atoms with Gasteiger partial charge in [-0.05, 0) is 44.4 Å². The molecule has 0 heterocycles. The van der Waals surface area contributed by atoms with Crippen molar-refractivity contribution < 1.29 is 28.5 Å². The summed E-state index contributed by atoms with van der Waals surface area (Å²) in [7, 11) is 0. The zero-order valence-electron chi connectivity index (χ0n) is 19.8. The van der Waals surface area contributed by atoms with Gasteiger partial charge >= 0.3 is 12.3 Å². The zero-order valence-corrected chi connectivity index (χ0v) is 19.8. The number of hydrogen-bond acceptors (Lipinski definition) is 6. The Morgan fingerprint density at radius 3 is 1.91 bits per heavy atom. The van der Waals surface area contributed by atoms with Crippen molar-refractivity contribution in [2.75, 3.05) is 13.2 Å². The monoisotopic (exact) mass is 444 g/mol. The molecule has 0 aromatic heterocycles. The fourth-order valence-corrected chi connectivity index (χ4v) is 3.43. The zero-order chi connectivity index (χ0) is 23.3. The molecule has 0 saturated carbocycles. The summed E-state index contributed by atoms with van der Waals surface area (Å²) in [5, 5.41) is 1.34. The first-order valence-electron chi connectivity index (χ1n) is 11.7. The Bertz CT molecular complexity index is 890. The molecule has 176 valence electrons. The number of fused-ring (bicyclic) bond motifs is 1. The number of aryl methyl sites for hydroxylation is 2. The summed E-state index contributed by atoms with van der Waals surface area (Å²) in [5.41, 5.74) is 1.65. The topological polar surface area (TPSA) is 71.1 Å². The van der Waals surface area contributed by atoms with Crippen LogP contribution in [0.15, 0.2) is 24.3 Å². The highest BCUT2D eigenvalue weighted by Gasteiger charge is 2.18. The Labute approximate surface area is 191 Å². The van der Waals surface area contributed by atoms with E-state index in [-0.39, 0.29) is 0 Å². The van der Waals surface area contributed by atoms with E-state index in [1.165, 1.54) is 0 Å². The van der Waals surface area contributed by atoms with Crippen LogP contribution in [0.3, 0.4) is 0 Å². The van der Waals surface area contributed by atoms with Crippen LogP contribution in [0.25, 0.3) is 10.8 Å². The van der Waals surface area contributed by atoms with Gasteiger partial charge in [0.25, 0.3) is 0 Å². The van der Waals surface area contributed by atoms with Crippen molar-refractivity contribution in [2.24, 2.45) is 0 Å². The van der Waals surface area contributed by atoms with Gasteiger partial charge in [0.05, 0.1) is 13.2 Å². The summed E-state index contributed by atoms with van der Waals surface area (Å²) in [6.45, 7) is 8.67. The maximum absolute atomic E-state index is 12.2.